The van der Waals surface area contributed by atoms with E-state index in [1.807, 2.05) is 43.3 Å². The van der Waals surface area contributed by atoms with Crippen molar-refractivity contribution in [3.05, 3.63) is 59.7 Å². The average Bonchev–Trinajstić information content (AvgIpc) is 2.64. The van der Waals surface area contributed by atoms with Crippen molar-refractivity contribution >= 4 is 18.1 Å². The smallest absolute Gasteiger partial charge is 0.409 e. The Balaban J connectivity index is 1.79. The molecule has 0 heterocycles. The fourth-order valence-electron chi connectivity index (χ4n) is 2.48. The number of carbonyl (C=O) groups excluding carboxylic acids is 1. The lowest BCUT2D eigenvalue weighted by atomic mass is 10.1. The summed E-state index contributed by atoms with van der Waals surface area (Å²) >= 11 is 0. The highest BCUT2D eigenvalue weighted by Crippen LogP contribution is 2.15. The van der Waals surface area contributed by atoms with Crippen molar-refractivity contribution in [3.8, 4) is 5.75 Å². The van der Waals surface area contributed by atoms with Crippen molar-refractivity contribution in [2.24, 2.45) is 0 Å². The molecule has 2 aromatic carbocycles. The monoisotopic (exact) mass is 357 g/mol. The molecule has 0 saturated heterocycles. The molecular weight excluding hydrogens is 334 g/mol. The number of rotatable bonds is 10. The van der Waals surface area contributed by atoms with Crippen molar-refractivity contribution in [1.29, 1.82) is 0 Å². The third-order valence-corrected chi connectivity index (χ3v) is 3.76. The van der Waals surface area contributed by atoms with Gasteiger partial charge in [0.1, 0.15) is 18.1 Å². The minimum Gasteiger partial charge on any atom is -0.493 e. The molecule has 138 valence electrons. The predicted octanol–water partition coefficient (Wildman–Crippen LogP) is 3.54. The summed E-state index contributed by atoms with van der Waals surface area (Å²) < 4.78 is 11.1. The molecule has 0 aliphatic carbocycles. The lowest BCUT2D eigenvalue weighted by Crippen LogP contribution is -2.17. The van der Waals surface area contributed by atoms with Crippen LogP contribution in [-0.2, 0) is 22.4 Å². The van der Waals surface area contributed by atoms with Gasteiger partial charge in [0, 0.05) is 25.1 Å². The molecule has 0 radical (unpaired) electrons. The standard InChI is InChI=1S/C20H23NO5/c1-2-25-19(14-22)13-16-5-9-18(10-6-16)26-12-11-15-3-7-17(8-4-15)21-20(23)24/h3-10,14,19,21H,2,11-13H2,1H3,(H,23,24). The van der Waals surface area contributed by atoms with Crippen LogP contribution in [0.25, 0.3) is 0 Å². The molecule has 26 heavy (non-hydrogen) atoms. The Kier molecular flexibility index (Phi) is 7.64. The largest absolute Gasteiger partial charge is 0.493 e. The molecule has 0 spiro atoms. The van der Waals surface area contributed by atoms with Crippen LogP contribution < -0.4 is 10.1 Å². The van der Waals surface area contributed by atoms with E-state index >= 15 is 0 Å². The zero-order chi connectivity index (χ0) is 18.8. The maximum Gasteiger partial charge on any atom is 0.409 e. The minimum atomic E-state index is -1.08. The first-order valence-corrected chi connectivity index (χ1v) is 8.48. The van der Waals surface area contributed by atoms with Crippen molar-refractivity contribution in [1.82, 2.24) is 0 Å². The molecule has 2 rings (SSSR count). The van der Waals surface area contributed by atoms with Gasteiger partial charge in [-0.25, -0.2) is 4.79 Å². The fourth-order valence-corrected chi connectivity index (χ4v) is 2.48. The summed E-state index contributed by atoms with van der Waals surface area (Å²) in [6, 6.07) is 14.8. The molecule has 0 fully saturated rings. The Bertz CT molecular complexity index is 697. The van der Waals surface area contributed by atoms with Crippen molar-refractivity contribution in [2.75, 3.05) is 18.5 Å². The van der Waals surface area contributed by atoms with Crippen LogP contribution in [0.15, 0.2) is 48.5 Å². The lowest BCUT2D eigenvalue weighted by molar-refractivity contribution is -0.117. The van der Waals surface area contributed by atoms with Crippen molar-refractivity contribution in [3.63, 3.8) is 0 Å². The molecule has 2 N–H and O–H groups in total. The van der Waals surface area contributed by atoms with Gasteiger partial charge in [-0.15, -0.1) is 0 Å². The Morgan fingerprint density at radius 1 is 1.12 bits per heavy atom. The van der Waals surface area contributed by atoms with E-state index in [0.29, 0.717) is 31.7 Å². The van der Waals surface area contributed by atoms with Crippen LogP contribution in [0.1, 0.15) is 18.1 Å². The Morgan fingerprint density at radius 3 is 2.35 bits per heavy atom. The first-order chi connectivity index (χ1) is 12.6. The van der Waals surface area contributed by atoms with Crippen LogP contribution in [-0.4, -0.2) is 36.8 Å². The van der Waals surface area contributed by atoms with E-state index in [1.54, 1.807) is 12.1 Å². The Labute approximate surface area is 152 Å². The molecule has 1 amide bonds. The van der Waals surface area contributed by atoms with Crippen molar-refractivity contribution in [2.45, 2.75) is 25.9 Å². The van der Waals surface area contributed by atoms with Gasteiger partial charge >= 0.3 is 6.09 Å². The number of anilines is 1. The van der Waals surface area contributed by atoms with Gasteiger partial charge in [0.25, 0.3) is 0 Å². The number of carbonyl (C=O) groups is 2. The molecule has 0 aliphatic rings. The number of ether oxygens (including phenoxy) is 2. The van der Waals surface area contributed by atoms with Gasteiger partial charge in [-0.1, -0.05) is 24.3 Å². The maximum atomic E-state index is 10.9. The SMILES string of the molecule is CCOC(C=O)Cc1ccc(OCCc2ccc(NC(=O)O)cc2)cc1. The molecule has 6 nitrogen and oxygen atoms in total. The van der Waals surface area contributed by atoms with E-state index in [-0.39, 0.29) is 0 Å². The zero-order valence-electron chi connectivity index (χ0n) is 14.7. The Hall–Kier alpha value is -2.86. The summed E-state index contributed by atoms with van der Waals surface area (Å²) in [7, 11) is 0. The van der Waals surface area contributed by atoms with Crippen LogP contribution in [0.2, 0.25) is 0 Å². The molecule has 1 atom stereocenters. The molecule has 0 aliphatic heterocycles. The minimum absolute atomic E-state index is 0.412. The van der Waals surface area contributed by atoms with Crippen LogP contribution in [0.3, 0.4) is 0 Å². The second kappa shape index (κ2) is 10.2. The van der Waals surface area contributed by atoms with E-state index in [1.165, 1.54) is 0 Å². The molecular formula is C20H23NO5. The quantitative estimate of drug-likeness (QED) is 0.635. The van der Waals surface area contributed by atoms with Gasteiger partial charge in [0.05, 0.1) is 6.61 Å². The molecule has 2 aromatic rings. The Morgan fingerprint density at radius 2 is 1.77 bits per heavy atom. The van der Waals surface area contributed by atoms with Gasteiger partial charge in [0.15, 0.2) is 0 Å². The lowest BCUT2D eigenvalue weighted by Gasteiger charge is -2.11. The average molecular weight is 357 g/mol. The second-order valence-electron chi connectivity index (χ2n) is 5.70. The second-order valence-corrected chi connectivity index (χ2v) is 5.70. The molecule has 0 saturated carbocycles. The van der Waals surface area contributed by atoms with Crippen molar-refractivity contribution < 1.29 is 24.2 Å². The number of benzene rings is 2. The van der Waals surface area contributed by atoms with Gasteiger partial charge in [-0.3, -0.25) is 5.32 Å². The molecule has 6 heteroatoms. The van der Waals surface area contributed by atoms with Gasteiger partial charge in [0.2, 0.25) is 0 Å². The van der Waals surface area contributed by atoms with Gasteiger partial charge in [-0.05, 0) is 42.3 Å². The van der Waals surface area contributed by atoms with Crippen LogP contribution in [0, 0.1) is 0 Å². The number of hydrogen-bond acceptors (Lipinski definition) is 4. The number of carboxylic acid groups (broad SMARTS) is 1. The maximum absolute atomic E-state index is 10.9. The van der Waals surface area contributed by atoms with E-state index in [9.17, 15) is 9.59 Å². The highest BCUT2D eigenvalue weighted by Gasteiger charge is 2.08. The van der Waals surface area contributed by atoms with Gasteiger partial charge < -0.3 is 19.4 Å². The molecule has 0 aromatic heterocycles. The summed E-state index contributed by atoms with van der Waals surface area (Å²) in [5, 5.41) is 11.0. The van der Waals surface area contributed by atoms with E-state index in [2.05, 4.69) is 5.32 Å². The fraction of sp³-hybridized carbons (Fsp3) is 0.300. The van der Waals surface area contributed by atoms with E-state index in [0.717, 1.165) is 23.2 Å². The highest BCUT2D eigenvalue weighted by molar-refractivity contribution is 5.82. The number of amides is 1. The van der Waals surface area contributed by atoms with E-state index < -0.39 is 12.2 Å². The zero-order valence-corrected chi connectivity index (χ0v) is 14.7. The molecule has 0 bridgehead atoms. The predicted molar refractivity (Wildman–Crippen MR) is 98.9 cm³/mol. The number of hydrogen-bond donors (Lipinski definition) is 2. The van der Waals surface area contributed by atoms with E-state index in [4.69, 9.17) is 14.6 Å². The normalized spacial score (nSPS) is 11.6. The van der Waals surface area contributed by atoms with Crippen LogP contribution >= 0.6 is 0 Å². The first kappa shape index (κ1) is 19.5. The van der Waals surface area contributed by atoms with Crippen LogP contribution in [0.5, 0.6) is 5.75 Å². The summed E-state index contributed by atoms with van der Waals surface area (Å²) in [5.41, 5.74) is 2.62. The summed E-state index contributed by atoms with van der Waals surface area (Å²) in [6.07, 6.45) is 0.599. The van der Waals surface area contributed by atoms with Crippen LogP contribution in [0.4, 0.5) is 10.5 Å². The molecule has 1 unspecified atom stereocenters. The summed E-state index contributed by atoms with van der Waals surface area (Å²) in [4.78, 5) is 21.5. The topological polar surface area (TPSA) is 84.9 Å². The van der Waals surface area contributed by atoms with Gasteiger partial charge in [-0.2, -0.15) is 0 Å². The third-order valence-electron chi connectivity index (χ3n) is 3.76. The summed E-state index contributed by atoms with van der Waals surface area (Å²) in [6.45, 7) is 2.89. The highest BCUT2D eigenvalue weighted by atomic mass is 16.5. The number of nitrogens with one attached hydrogen (secondary N) is 1. The summed E-state index contributed by atoms with van der Waals surface area (Å²) in [5.74, 6) is 0.761. The first-order valence-electron chi connectivity index (χ1n) is 8.48. The third kappa shape index (κ3) is 6.57. The number of aldehydes is 1.